The van der Waals surface area contributed by atoms with Gasteiger partial charge in [-0.05, 0) is 48.9 Å². The number of sulfonamides is 1. The molecule has 2 rings (SSSR count). The summed E-state index contributed by atoms with van der Waals surface area (Å²) < 4.78 is 31.1. The summed E-state index contributed by atoms with van der Waals surface area (Å²) in [5.74, 6) is -0.0848. The maximum absolute atomic E-state index is 12.9. The van der Waals surface area contributed by atoms with Gasteiger partial charge in [0.05, 0.1) is 24.7 Å². The molecule has 0 aliphatic heterocycles. The molecule has 0 aliphatic rings. The first-order valence-electron chi connectivity index (χ1n) is 8.06. The number of methoxy groups -OCH3 is 1. The number of benzene rings is 2. The highest BCUT2D eigenvalue weighted by molar-refractivity contribution is 7.92. The van der Waals surface area contributed by atoms with Crippen molar-refractivity contribution in [1.82, 2.24) is 0 Å². The lowest BCUT2D eigenvalue weighted by Crippen LogP contribution is -2.47. The molecule has 0 aliphatic carbocycles. The van der Waals surface area contributed by atoms with Crippen LogP contribution in [0.4, 0.5) is 11.4 Å². The highest BCUT2D eigenvalue weighted by atomic mass is 35.5. The van der Waals surface area contributed by atoms with Crippen molar-refractivity contribution >= 4 is 50.5 Å². The number of carbonyl (C=O) groups is 1. The molecule has 0 fully saturated rings. The molecule has 0 aromatic heterocycles. The van der Waals surface area contributed by atoms with Gasteiger partial charge < -0.3 is 10.1 Å². The third kappa shape index (κ3) is 5.28. The van der Waals surface area contributed by atoms with Gasteiger partial charge in [-0.1, -0.05) is 30.1 Å². The van der Waals surface area contributed by atoms with Gasteiger partial charge in [0.25, 0.3) is 0 Å². The molecular weight excluding hydrogens is 411 g/mol. The van der Waals surface area contributed by atoms with Crippen molar-refractivity contribution in [2.45, 2.75) is 19.4 Å². The van der Waals surface area contributed by atoms with Gasteiger partial charge in [0.2, 0.25) is 15.9 Å². The van der Waals surface area contributed by atoms with Crippen LogP contribution in [0.3, 0.4) is 0 Å². The van der Waals surface area contributed by atoms with Gasteiger partial charge in [-0.25, -0.2) is 8.42 Å². The molecule has 27 heavy (non-hydrogen) atoms. The Morgan fingerprint density at radius 2 is 1.74 bits per heavy atom. The van der Waals surface area contributed by atoms with Crippen molar-refractivity contribution in [2.75, 3.05) is 23.0 Å². The van der Waals surface area contributed by atoms with E-state index < -0.39 is 22.0 Å². The minimum Gasteiger partial charge on any atom is -0.495 e. The van der Waals surface area contributed by atoms with Crippen LogP contribution >= 0.6 is 23.2 Å². The first-order chi connectivity index (χ1) is 12.7. The molecule has 2 aromatic carbocycles. The number of ether oxygens (including phenoxy) is 1. The van der Waals surface area contributed by atoms with Crippen molar-refractivity contribution < 1.29 is 17.9 Å². The number of amides is 1. The van der Waals surface area contributed by atoms with Crippen LogP contribution in [0.1, 0.15) is 13.3 Å². The summed E-state index contributed by atoms with van der Waals surface area (Å²) in [7, 11) is -2.27. The Hall–Kier alpha value is -1.96. The topological polar surface area (TPSA) is 75.7 Å². The van der Waals surface area contributed by atoms with E-state index in [9.17, 15) is 13.2 Å². The second-order valence-electron chi connectivity index (χ2n) is 5.79. The van der Waals surface area contributed by atoms with Gasteiger partial charge in [-0.15, -0.1) is 0 Å². The Kier molecular flexibility index (Phi) is 6.97. The number of rotatable bonds is 7. The smallest absolute Gasteiger partial charge is 0.248 e. The number of nitrogens with one attached hydrogen (secondary N) is 1. The molecule has 6 nitrogen and oxygen atoms in total. The van der Waals surface area contributed by atoms with Crippen molar-refractivity contribution in [1.29, 1.82) is 0 Å². The standard InChI is InChI=1S/C18H20Cl2N2O4S/c1-4-16(18(23)21-15-11-13(20)7-10-17(15)26-2)22(27(3,24)25)14-8-5-12(19)6-9-14/h5-11,16H,4H2,1-3H3,(H,21,23)/t16-/m1/s1. The van der Waals surface area contributed by atoms with E-state index in [0.717, 1.165) is 10.6 Å². The Labute approximate surface area is 169 Å². The second kappa shape index (κ2) is 8.82. The summed E-state index contributed by atoms with van der Waals surface area (Å²) in [6.07, 6.45) is 1.31. The van der Waals surface area contributed by atoms with Gasteiger partial charge >= 0.3 is 0 Å². The van der Waals surface area contributed by atoms with Crippen LogP contribution in [-0.4, -0.2) is 33.7 Å². The van der Waals surface area contributed by atoms with Gasteiger partial charge in [0.1, 0.15) is 11.8 Å². The van der Waals surface area contributed by atoms with Crippen molar-refractivity contribution in [3.63, 3.8) is 0 Å². The highest BCUT2D eigenvalue weighted by Crippen LogP contribution is 2.29. The zero-order valence-corrected chi connectivity index (χ0v) is 17.4. The summed E-state index contributed by atoms with van der Waals surface area (Å²) in [5, 5.41) is 3.59. The molecule has 0 bridgehead atoms. The van der Waals surface area contributed by atoms with Crippen LogP contribution in [0.2, 0.25) is 10.0 Å². The van der Waals surface area contributed by atoms with E-state index in [1.807, 2.05) is 0 Å². The Morgan fingerprint density at radius 1 is 1.15 bits per heavy atom. The summed E-state index contributed by atoms with van der Waals surface area (Å²) in [4.78, 5) is 12.9. The molecular formula is C18H20Cl2N2O4S. The van der Waals surface area contributed by atoms with Crippen LogP contribution in [0.5, 0.6) is 5.75 Å². The molecule has 0 spiro atoms. The van der Waals surface area contributed by atoms with Gasteiger partial charge in [0, 0.05) is 10.0 Å². The molecule has 1 atom stereocenters. The molecule has 0 saturated heterocycles. The van der Waals surface area contributed by atoms with E-state index in [-0.39, 0.29) is 6.42 Å². The van der Waals surface area contributed by atoms with E-state index in [1.54, 1.807) is 43.3 Å². The molecule has 1 amide bonds. The lowest BCUT2D eigenvalue weighted by atomic mass is 10.1. The second-order valence-corrected chi connectivity index (χ2v) is 8.53. The number of hydrogen-bond donors (Lipinski definition) is 1. The molecule has 9 heteroatoms. The summed E-state index contributed by atoms with van der Waals surface area (Å²) in [5.41, 5.74) is 0.708. The number of carbonyl (C=O) groups excluding carboxylic acids is 1. The van der Waals surface area contributed by atoms with E-state index in [0.29, 0.717) is 27.2 Å². The van der Waals surface area contributed by atoms with Crippen LogP contribution in [-0.2, 0) is 14.8 Å². The predicted octanol–water partition coefficient (Wildman–Crippen LogP) is 4.19. The van der Waals surface area contributed by atoms with Crippen molar-refractivity contribution in [2.24, 2.45) is 0 Å². The third-order valence-electron chi connectivity index (χ3n) is 3.83. The molecule has 0 heterocycles. The van der Waals surface area contributed by atoms with Gasteiger partial charge in [-0.3, -0.25) is 9.10 Å². The molecule has 0 radical (unpaired) electrons. The third-order valence-corrected chi connectivity index (χ3v) is 5.50. The monoisotopic (exact) mass is 430 g/mol. The SMILES string of the molecule is CC[C@H](C(=O)Nc1cc(Cl)ccc1OC)N(c1ccc(Cl)cc1)S(C)(=O)=O. The van der Waals surface area contributed by atoms with E-state index >= 15 is 0 Å². The first-order valence-corrected chi connectivity index (χ1v) is 10.7. The van der Waals surface area contributed by atoms with Gasteiger partial charge in [-0.2, -0.15) is 0 Å². The molecule has 0 saturated carbocycles. The first kappa shape index (κ1) is 21.3. The van der Waals surface area contributed by atoms with E-state index in [2.05, 4.69) is 5.32 Å². The Balaban J connectivity index is 2.41. The number of halogens is 2. The Bertz CT molecular complexity index is 917. The summed E-state index contributed by atoms with van der Waals surface area (Å²) in [6, 6.07) is 10.1. The summed E-state index contributed by atoms with van der Waals surface area (Å²) >= 11 is 11.9. The average Bonchev–Trinajstić information content (AvgIpc) is 2.59. The fraction of sp³-hybridized carbons (Fsp3) is 0.278. The summed E-state index contributed by atoms with van der Waals surface area (Å²) in [6.45, 7) is 1.73. The quantitative estimate of drug-likeness (QED) is 0.714. The van der Waals surface area contributed by atoms with Crippen LogP contribution < -0.4 is 14.4 Å². The lowest BCUT2D eigenvalue weighted by molar-refractivity contribution is -0.117. The zero-order chi connectivity index (χ0) is 20.2. The number of anilines is 2. The maximum Gasteiger partial charge on any atom is 0.248 e. The lowest BCUT2D eigenvalue weighted by Gasteiger charge is -2.30. The minimum absolute atomic E-state index is 0.254. The minimum atomic E-state index is -3.73. The van der Waals surface area contributed by atoms with Crippen molar-refractivity contribution in [3.05, 3.63) is 52.5 Å². The molecule has 0 unspecified atom stereocenters. The number of hydrogen-bond acceptors (Lipinski definition) is 4. The van der Waals surface area contributed by atoms with Crippen molar-refractivity contribution in [3.8, 4) is 5.75 Å². The molecule has 2 aromatic rings. The maximum atomic E-state index is 12.9. The fourth-order valence-electron chi connectivity index (χ4n) is 2.64. The average molecular weight is 431 g/mol. The number of nitrogens with zero attached hydrogens (tertiary/aromatic N) is 1. The van der Waals surface area contributed by atoms with E-state index in [4.69, 9.17) is 27.9 Å². The fourth-order valence-corrected chi connectivity index (χ4v) is 4.15. The highest BCUT2D eigenvalue weighted by Gasteiger charge is 2.32. The predicted molar refractivity (Wildman–Crippen MR) is 109 cm³/mol. The largest absolute Gasteiger partial charge is 0.495 e. The van der Waals surface area contributed by atoms with Crippen LogP contribution in [0.25, 0.3) is 0 Å². The molecule has 1 N–H and O–H groups in total. The van der Waals surface area contributed by atoms with E-state index in [1.165, 1.54) is 13.2 Å². The van der Waals surface area contributed by atoms with Crippen LogP contribution in [0.15, 0.2) is 42.5 Å². The zero-order valence-electron chi connectivity index (χ0n) is 15.1. The van der Waals surface area contributed by atoms with Crippen LogP contribution in [0, 0.1) is 0 Å². The molecule has 146 valence electrons. The Morgan fingerprint density at radius 3 is 2.26 bits per heavy atom. The normalized spacial score (nSPS) is 12.3. The van der Waals surface area contributed by atoms with Gasteiger partial charge in [0.15, 0.2) is 0 Å².